The Morgan fingerprint density at radius 2 is 2.15 bits per heavy atom. The fourth-order valence-corrected chi connectivity index (χ4v) is 1.01. The Morgan fingerprint density at radius 1 is 1.54 bits per heavy atom. The minimum Gasteiger partial charge on any atom is -0.355 e. The van der Waals surface area contributed by atoms with Gasteiger partial charge in [-0.15, -0.1) is 0 Å². The highest BCUT2D eigenvalue weighted by atomic mass is 16.1. The summed E-state index contributed by atoms with van der Waals surface area (Å²) in [5.41, 5.74) is 0. The second kappa shape index (κ2) is 6.47. The fraction of sp³-hybridized carbons (Fsp3) is 0.800. The first-order chi connectivity index (χ1) is 6.13. The van der Waals surface area contributed by atoms with Crippen molar-refractivity contribution in [1.82, 2.24) is 5.32 Å². The number of nitrogens with zero attached hydrogens (tertiary/aromatic N) is 1. The van der Waals surface area contributed by atoms with Gasteiger partial charge in [-0.3, -0.25) is 4.79 Å². The zero-order chi connectivity index (χ0) is 10.3. The van der Waals surface area contributed by atoms with Crippen LogP contribution in [0.25, 0.3) is 0 Å². The third-order valence-electron chi connectivity index (χ3n) is 1.92. The molecule has 0 fully saturated rings. The highest BCUT2D eigenvalue weighted by Crippen LogP contribution is 2.09. The number of unbranched alkanes of at least 4 members (excludes halogenated alkanes) is 1. The molecule has 1 amide bonds. The van der Waals surface area contributed by atoms with Gasteiger partial charge in [-0.25, -0.2) is 0 Å². The number of hydrogen-bond donors (Lipinski definition) is 1. The van der Waals surface area contributed by atoms with Gasteiger partial charge in [-0.2, -0.15) is 5.26 Å². The monoisotopic (exact) mass is 182 g/mol. The van der Waals surface area contributed by atoms with Gasteiger partial charge in [0.2, 0.25) is 5.91 Å². The van der Waals surface area contributed by atoms with Crippen LogP contribution in [0.1, 0.15) is 33.6 Å². The van der Waals surface area contributed by atoms with Crippen LogP contribution in [0.4, 0.5) is 0 Å². The molecule has 1 unspecified atom stereocenters. The van der Waals surface area contributed by atoms with Gasteiger partial charge in [-0.1, -0.05) is 27.2 Å². The highest BCUT2D eigenvalue weighted by Gasteiger charge is 2.20. The number of rotatable bonds is 5. The fourth-order valence-electron chi connectivity index (χ4n) is 1.01. The van der Waals surface area contributed by atoms with Gasteiger partial charge < -0.3 is 5.32 Å². The lowest BCUT2D eigenvalue weighted by molar-refractivity contribution is -0.124. The Balaban J connectivity index is 3.87. The van der Waals surface area contributed by atoms with Gasteiger partial charge in [0, 0.05) is 6.54 Å². The molecule has 1 N–H and O–H groups in total. The second-order valence-electron chi connectivity index (χ2n) is 3.50. The number of amides is 1. The summed E-state index contributed by atoms with van der Waals surface area (Å²) in [7, 11) is 0. The maximum Gasteiger partial charge on any atom is 0.237 e. The lowest BCUT2D eigenvalue weighted by Crippen LogP contribution is -2.33. The van der Waals surface area contributed by atoms with Crippen LogP contribution in [-0.4, -0.2) is 12.5 Å². The quantitative estimate of drug-likeness (QED) is 0.658. The summed E-state index contributed by atoms with van der Waals surface area (Å²) < 4.78 is 0. The van der Waals surface area contributed by atoms with Crippen LogP contribution >= 0.6 is 0 Å². The molecule has 0 bridgehead atoms. The van der Waals surface area contributed by atoms with E-state index in [0.717, 1.165) is 12.8 Å². The van der Waals surface area contributed by atoms with Crippen molar-refractivity contribution in [3.05, 3.63) is 0 Å². The molecule has 0 aliphatic carbocycles. The zero-order valence-electron chi connectivity index (χ0n) is 8.63. The number of hydrogen-bond acceptors (Lipinski definition) is 2. The normalized spacial score (nSPS) is 12.2. The molecule has 0 aromatic heterocycles. The molecule has 0 spiro atoms. The van der Waals surface area contributed by atoms with Crippen molar-refractivity contribution in [2.45, 2.75) is 33.6 Å². The van der Waals surface area contributed by atoms with Crippen LogP contribution in [-0.2, 0) is 4.79 Å². The van der Waals surface area contributed by atoms with Crippen LogP contribution in [0, 0.1) is 23.2 Å². The summed E-state index contributed by atoms with van der Waals surface area (Å²) >= 11 is 0. The van der Waals surface area contributed by atoms with Crippen molar-refractivity contribution >= 4 is 5.91 Å². The summed E-state index contributed by atoms with van der Waals surface area (Å²) in [6.45, 7) is 6.51. The predicted octanol–water partition coefficient (Wildman–Crippen LogP) is 1.70. The van der Waals surface area contributed by atoms with Crippen molar-refractivity contribution in [2.24, 2.45) is 11.8 Å². The van der Waals surface area contributed by atoms with Crippen molar-refractivity contribution in [3.63, 3.8) is 0 Å². The van der Waals surface area contributed by atoms with Gasteiger partial charge in [0.15, 0.2) is 0 Å². The molecular formula is C10H18N2O. The summed E-state index contributed by atoms with van der Waals surface area (Å²) in [5, 5.41) is 11.5. The van der Waals surface area contributed by atoms with Gasteiger partial charge in [0.25, 0.3) is 0 Å². The Bertz CT molecular complexity index is 194. The Labute approximate surface area is 80.1 Å². The third kappa shape index (κ3) is 4.51. The van der Waals surface area contributed by atoms with Crippen LogP contribution in [0.2, 0.25) is 0 Å². The molecule has 0 aliphatic heterocycles. The molecule has 0 aromatic carbocycles. The van der Waals surface area contributed by atoms with Crippen LogP contribution < -0.4 is 5.32 Å². The molecule has 74 valence electrons. The smallest absolute Gasteiger partial charge is 0.237 e. The van der Waals surface area contributed by atoms with E-state index in [4.69, 9.17) is 5.26 Å². The van der Waals surface area contributed by atoms with Crippen LogP contribution in [0.5, 0.6) is 0 Å². The first-order valence-corrected chi connectivity index (χ1v) is 4.80. The summed E-state index contributed by atoms with van der Waals surface area (Å²) in [6, 6.07) is 2.02. The minimum absolute atomic E-state index is 0.0895. The number of nitrogens with one attached hydrogen (secondary N) is 1. The Morgan fingerprint density at radius 3 is 2.54 bits per heavy atom. The average molecular weight is 182 g/mol. The van der Waals surface area contributed by atoms with Crippen LogP contribution in [0.3, 0.4) is 0 Å². The molecule has 0 rings (SSSR count). The number of carbonyl (C=O) groups excluding carboxylic acids is 1. The van der Waals surface area contributed by atoms with Crippen molar-refractivity contribution < 1.29 is 4.79 Å². The molecule has 0 saturated heterocycles. The van der Waals surface area contributed by atoms with E-state index < -0.39 is 5.92 Å². The topological polar surface area (TPSA) is 52.9 Å². The summed E-state index contributed by atoms with van der Waals surface area (Å²) in [4.78, 5) is 11.4. The SMILES string of the molecule is CCCCNC(=O)C(C#N)C(C)C. The Hall–Kier alpha value is -1.04. The first-order valence-electron chi connectivity index (χ1n) is 4.80. The van der Waals surface area contributed by atoms with E-state index >= 15 is 0 Å². The number of carbonyl (C=O) groups is 1. The van der Waals surface area contributed by atoms with E-state index in [2.05, 4.69) is 12.2 Å². The van der Waals surface area contributed by atoms with E-state index in [0.29, 0.717) is 6.54 Å². The standard InChI is InChI=1S/C10H18N2O/c1-4-5-6-12-10(13)9(7-11)8(2)3/h8-9H,4-6H2,1-3H3,(H,12,13). The molecule has 0 aromatic rings. The van der Waals surface area contributed by atoms with Crippen molar-refractivity contribution in [2.75, 3.05) is 6.54 Å². The largest absolute Gasteiger partial charge is 0.355 e. The first kappa shape index (κ1) is 12.0. The highest BCUT2D eigenvalue weighted by molar-refractivity contribution is 5.81. The summed E-state index contributed by atoms with van der Waals surface area (Å²) in [5.74, 6) is -0.547. The van der Waals surface area contributed by atoms with Crippen molar-refractivity contribution in [3.8, 4) is 6.07 Å². The maximum atomic E-state index is 11.4. The Kier molecular flexibility index (Phi) is 5.96. The van der Waals surface area contributed by atoms with E-state index in [9.17, 15) is 4.79 Å². The van der Waals surface area contributed by atoms with Crippen molar-refractivity contribution in [1.29, 1.82) is 5.26 Å². The molecular weight excluding hydrogens is 164 g/mol. The molecule has 1 atom stereocenters. The van der Waals surface area contributed by atoms with Gasteiger partial charge in [0.05, 0.1) is 6.07 Å². The van der Waals surface area contributed by atoms with E-state index in [-0.39, 0.29) is 11.8 Å². The predicted molar refractivity (Wildman–Crippen MR) is 51.9 cm³/mol. The van der Waals surface area contributed by atoms with Gasteiger partial charge in [0.1, 0.15) is 5.92 Å². The molecule has 0 heterocycles. The number of nitriles is 1. The van der Waals surface area contributed by atoms with E-state index in [1.165, 1.54) is 0 Å². The molecule has 0 radical (unpaired) electrons. The lowest BCUT2D eigenvalue weighted by atomic mass is 9.97. The summed E-state index contributed by atoms with van der Waals surface area (Å²) in [6.07, 6.45) is 2.03. The molecule has 13 heavy (non-hydrogen) atoms. The van der Waals surface area contributed by atoms with E-state index in [1.54, 1.807) is 0 Å². The molecule has 3 heteroatoms. The third-order valence-corrected chi connectivity index (χ3v) is 1.92. The molecule has 3 nitrogen and oxygen atoms in total. The lowest BCUT2D eigenvalue weighted by Gasteiger charge is -2.12. The average Bonchev–Trinajstić information content (AvgIpc) is 2.05. The maximum absolute atomic E-state index is 11.4. The molecule has 0 saturated carbocycles. The van der Waals surface area contributed by atoms with E-state index in [1.807, 2.05) is 19.9 Å². The molecule has 0 aliphatic rings. The van der Waals surface area contributed by atoms with Gasteiger partial charge >= 0.3 is 0 Å². The van der Waals surface area contributed by atoms with Gasteiger partial charge in [-0.05, 0) is 12.3 Å². The zero-order valence-corrected chi connectivity index (χ0v) is 8.63. The second-order valence-corrected chi connectivity index (χ2v) is 3.50. The minimum atomic E-state index is -0.503. The van der Waals surface area contributed by atoms with Crippen LogP contribution in [0.15, 0.2) is 0 Å².